The molecule has 0 saturated carbocycles. The number of anilines is 1. The van der Waals surface area contributed by atoms with Crippen LogP contribution in [0, 0.1) is 0 Å². The van der Waals surface area contributed by atoms with Crippen molar-refractivity contribution < 1.29 is 4.79 Å². The summed E-state index contributed by atoms with van der Waals surface area (Å²) >= 11 is 0. The summed E-state index contributed by atoms with van der Waals surface area (Å²) in [5.41, 5.74) is 0.921. The van der Waals surface area contributed by atoms with Crippen LogP contribution in [0.25, 0.3) is 10.9 Å². The van der Waals surface area contributed by atoms with Gasteiger partial charge in [0.15, 0.2) is 0 Å². The summed E-state index contributed by atoms with van der Waals surface area (Å²) < 4.78 is 2.91. The van der Waals surface area contributed by atoms with Crippen molar-refractivity contribution in [2.45, 2.75) is 46.2 Å². The zero-order valence-electron chi connectivity index (χ0n) is 15.2. The van der Waals surface area contributed by atoms with E-state index in [-0.39, 0.29) is 30.0 Å². The summed E-state index contributed by atoms with van der Waals surface area (Å²) in [6.45, 7) is 7.70. The fraction of sp³-hybridized carbons (Fsp3) is 0.412. The number of aromatic nitrogens is 6. The Kier molecular flexibility index (Phi) is 4.79. The van der Waals surface area contributed by atoms with Crippen molar-refractivity contribution in [2.75, 3.05) is 5.32 Å². The number of carbonyl (C=O) groups excluding carboxylic acids is 1. The van der Waals surface area contributed by atoms with Crippen LogP contribution in [0.1, 0.15) is 45.3 Å². The van der Waals surface area contributed by atoms with Gasteiger partial charge in [-0.3, -0.25) is 19.6 Å². The van der Waals surface area contributed by atoms with Gasteiger partial charge in [-0.05, 0) is 25.8 Å². The lowest BCUT2D eigenvalue weighted by molar-refractivity contribution is -0.117. The second-order valence-corrected chi connectivity index (χ2v) is 6.59. The highest BCUT2D eigenvalue weighted by Gasteiger charge is 2.19. The molecule has 0 aliphatic rings. The third-order valence-corrected chi connectivity index (χ3v) is 3.85. The first-order chi connectivity index (χ1) is 12.4. The van der Waals surface area contributed by atoms with Crippen molar-refractivity contribution in [1.82, 2.24) is 29.5 Å². The molecule has 0 aliphatic carbocycles. The first-order valence-corrected chi connectivity index (χ1v) is 8.43. The monoisotopic (exact) mass is 355 g/mol. The van der Waals surface area contributed by atoms with Gasteiger partial charge in [0, 0.05) is 24.6 Å². The fourth-order valence-electron chi connectivity index (χ4n) is 2.52. The number of rotatable bonds is 5. The predicted octanol–water partition coefficient (Wildman–Crippen LogP) is 1.73. The Balaban J connectivity index is 1.99. The molecule has 1 N–H and O–H groups in total. The summed E-state index contributed by atoms with van der Waals surface area (Å²) in [6.07, 6.45) is 4.76. The minimum Gasteiger partial charge on any atom is -0.293 e. The molecule has 9 heteroatoms. The quantitative estimate of drug-likeness (QED) is 0.747. The zero-order chi connectivity index (χ0) is 18.8. The van der Waals surface area contributed by atoms with Crippen LogP contribution in [0.4, 0.5) is 5.95 Å². The van der Waals surface area contributed by atoms with Crippen molar-refractivity contribution >= 4 is 22.8 Å². The average molecular weight is 355 g/mol. The van der Waals surface area contributed by atoms with Gasteiger partial charge in [0.2, 0.25) is 11.9 Å². The Hall–Kier alpha value is -3.10. The molecule has 0 aromatic carbocycles. The van der Waals surface area contributed by atoms with E-state index in [1.165, 1.54) is 17.1 Å². The van der Waals surface area contributed by atoms with Crippen LogP contribution < -0.4 is 10.9 Å². The van der Waals surface area contributed by atoms with Crippen LogP contribution in [0.2, 0.25) is 0 Å². The first-order valence-electron chi connectivity index (χ1n) is 8.43. The van der Waals surface area contributed by atoms with Gasteiger partial charge in [0.1, 0.15) is 12.1 Å². The maximum Gasteiger partial charge on any atom is 0.278 e. The molecule has 0 atom stereocenters. The van der Waals surface area contributed by atoms with Gasteiger partial charge < -0.3 is 0 Å². The number of nitrogens with zero attached hydrogens (tertiary/aromatic N) is 6. The Morgan fingerprint density at radius 1 is 1.15 bits per heavy atom. The predicted molar refractivity (Wildman–Crippen MR) is 96.9 cm³/mol. The van der Waals surface area contributed by atoms with Crippen LogP contribution in [0.3, 0.4) is 0 Å². The van der Waals surface area contributed by atoms with Crippen LogP contribution in [0.15, 0.2) is 29.5 Å². The maximum absolute atomic E-state index is 12.8. The van der Waals surface area contributed by atoms with E-state index in [0.29, 0.717) is 16.6 Å². The van der Waals surface area contributed by atoms with Crippen LogP contribution >= 0.6 is 0 Å². The van der Waals surface area contributed by atoms with Crippen LogP contribution in [-0.4, -0.2) is 35.4 Å². The van der Waals surface area contributed by atoms with Crippen LogP contribution in [-0.2, 0) is 11.3 Å². The Morgan fingerprint density at radius 3 is 2.46 bits per heavy atom. The van der Waals surface area contributed by atoms with E-state index in [0.717, 1.165) is 0 Å². The smallest absolute Gasteiger partial charge is 0.278 e. The molecule has 9 nitrogen and oxygen atoms in total. The molecule has 0 radical (unpaired) electrons. The third-order valence-electron chi connectivity index (χ3n) is 3.85. The van der Waals surface area contributed by atoms with Crippen molar-refractivity contribution in [3.05, 3.63) is 40.7 Å². The third kappa shape index (κ3) is 3.46. The second-order valence-electron chi connectivity index (χ2n) is 6.59. The number of amides is 1. The van der Waals surface area contributed by atoms with Gasteiger partial charge in [-0.2, -0.15) is 10.2 Å². The van der Waals surface area contributed by atoms with E-state index in [4.69, 9.17) is 0 Å². The average Bonchev–Trinajstić information content (AvgIpc) is 3.04. The zero-order valence-corrected chi connectivity index (χ0v) is 15.2. The summed E-state index contributed by atoms with van der Waals surface area (Å²) in [4.78, 5) is 32.9. The first kappa shape index (κ1) is 17.7. The molecule has 3 aromatic heterocycles. The molecule has 136 valence electrons. The van der Waals surface area contributed by atoms with Gasteiger partial charge in [-0.15, -0.1) is 0 Å². The molecule has 0 aliphatic heterocycles. The van der Waals surface area contributed by atoms with Gasteiger partial charge in [0.25, 0.3) is 5.56 Å². The normalized spacial score (nSPS) is 11.5. The van der Waals surface area contributed by atoms with Crippen molar-refractivity contribution in [1.29, 1.82) is 0 Å². The summed E-state index contributed by atoms with van der Waals surface area (Å²) in [5, 5.41) is 11.9. The fourth-order valence-corrected chi connectivity index (χ4v) is 2.52. The Labute approximate surface area is 150 Å². The highest BCUT2D eigenvalue weighted by molar-refractivity contribution is 5.89. The van der Waals surface area contributed by atoms with Crippen molar-refractivity contribution in [3.8, 4) is 0 Å². The number of carbonyl (C=O) groups is 1. The topological polar surface area (TPSA) is 108 Å². The van der Waals surface area contributed by atoms with Crippen molar-refractivity contribution in [3.63, 3.8) is 0 Å². The van der Waals surface area contributed by atoms with Crippen LogP contribution in [0.5, 0.6) is 0 Å². The molecule has 0 spiro atoms. The maximum atomic E-state index is 12.8. The lowest BCUT2D eigenvalue weighted by Crippen LogP contribution is -2.31. The Morgan fingerprint density at radius 2 is 1.85 bits per heavy atom. The van der Waals surface area contributed by atoms with E-state index in [9.17, 15) is 9.59 Å². The highest BCUT2D eigenvalue weighted by Crippen LogP contribution is 2.20. The minimum absolute atomic E-state index is 0.0559. The lowest BCUT2D eigenvalue weighted by Gasteiger charge is -2.10. The molecule has 0 fully saturated rings. The standard InChI is InChI=1S/C17H21N7O2/c1-10(2)14-15-12(8-23(22-15)11(3)4)16(26)24(21-14)9-13(25)20-17-18-6-5-7-19-17/h5-8,10-11H,9H2,1-4H3,(H,18,19,20,25). The molecular formula is C17H21N7O2. The summed E-state index contributed by atoms with van der Waals surface area (Å²) in [5.74, 6) is -0.181. The number of nitrogens with one attached hydrogen (secondary N) is 1. The van der Waals surface area contributed by atoms with E-state index >= 15 is 0 Å². The van der Waals surface area contributed by atoms with Gasteiger partial charge in [-0.25, -0.2) is 14.6 Å². The molecule has 0 unspecified atom stereocenters. The van der Waals surface area contributed by atoms with Gasteiger partial charge in [0.05, 0.1) is 11.1 Å². The van der Waals surface area contributed by atoms with E-state index < -0.39 is 5.91 Å². The van der Waals surface area contributed by atoms with Gasteiger partial charge >= 0.3 is 0 Å². The molecular weight excluding hydrogens is 334 g/mol. The SMILES string of the molecule is CC(C)c1nn(CC(=O)Nc2ncccn2)c(=O)c2cn(C(C)C)nc12. The van der Waals surface area contributed by atoms with E-state index in [1.54, 1.807) is 16.9 Å². The molecule has 1 amide bonds. The molecule has 3 rings (SSSR count). The molecule has 26 heavy (non-hydrogen) atoms. The lowest BCUT2D eigenvalue weighted by atomic mass is 10.1. The van der Waals surface area contributed by atoms with E-state index in [1.807, 2.05) is 27.7 Å². The largest absolute Gasteiger partial charge is 0.293 e. The molecule has 0 bridgehead atoms. The van der Waals surface area contributed by atoms with Crippen molar-refractivity contribution in [2.24, 2.45) is 0 Å². The summed E-state index contributed by atoms with van der Waals surface area (Å²) in [7, 11) is 0. The van der Waals surface area contributed by atoms with Gasteiger partial charge in [-0.1, -0.05) is 13.8 Å². The minimum atomic E-state index is -0.420. The molecule has 0 saturated heterocycles. The summed E-state index contributed by atoms with van der Waals surface area (Å²) in [6, 6.07) is 1.77. The number of hydrogen-bond donors (Lipinski definition) is 1. The molecule has 3 aromatic rings. The molecule has 3 heterocycles. The second kappa shape index (κ2) is 7.03. The highest BCUT2D eigenvalue weighted by atomic mass is 16.2. The number of hydrogen-bond acceptors (Lipinski definition) is 6. The van der Waals surface area contributed by atoms with E-state index in [2.05, 4.69) is 25.5 Å². The number of fused-ring (bicyclic) bond motifs is 1. The Bertz CT molecular complexity index is 990.